The number of carbonyl (C=O) groups excluding carboxylic acids is 2. The smallest absolute Gasteiger partial charge is 0.416 e. The van der Waals surface area contributed by atoms with E-state index in [4.69, 9.17) is 9.15 Å². The maximum atomic E-state index is 13.0. The van der Waals surface area contributed by atoms with E-state index in [9.17, 15) is 22.8 Å². The monoisotopic (exact) mass is 411 g/mol. The van der Waals surface area contributed by atoms with E-state index >= 15 is 0 Å². The van der Waals surface area contributed by atoms with Gasteiger partial charge in [0.15, 0.2) is 5.76 Å². The SMILES string of the molecule is CCOc1ccc(C(F)(F)F)cc1NC(=O)N1CCN(C(=O)c2ccco2)CC1. The molecule has 0 saturated carbocycles. The summed E-state index contributed by atoms with van der Waals surface area (Å²) in [6.45, 7) is 2.98. The second kappa shape index (κ2) is 8.46. The van der Waals surface area contributed by atoms with E-state index in [0.29, 0.717) is 0 Å². The fourth-order valence-corrected chi connectivity index (χ4v) is 2.95. The number of nitrogens with zero attached hydrogens (tertiary/aromatic N) is 2. The van der Waals surface area contributed by atoms with E-state index in [1.54, 1.807) is 24.0 Å². The molecule has 0 radical (unpaired) electrons. The molecule has 1 aliphatic heterocycles. The number of furan rings is 1. The molecule has 1 aromatic heterocycles. The van der Waals surface area contributed by atoms with Gasteiger partial charge >= 0.3 is 12.2 Å². The summed E-state index contributed by atoms with van der Waals surface area (Å²) >= 11 is 0. The number of urea groups is 1. The topological polar surface area (TPSA) is 75.0 Å². The van der Waals surface area contributed by atoms with Gasteiger partial charge in [-0.05, 0) is 37.3 Å². The van der Waals surface area contributed by atoms with Gasteiger partial charge < -0.3 is 24.3 Å². The van der Waals surface area contributed by atoms with Crippen molar-refractivity contribution < 1.29 is 31.9 Å². The van der Waals surface area contributed by atoms with Crippen LogP contribution in [0.5, 0.6) is 5.75 Å². The number of carbonyl (C=O) groups is 2. The number of amides is 3. The summed E-state index contributed by atoms with van der Waals surface area (Å²) < 4.78 is 49.4. The van der Waals surface area contributed by atoms with Gasteiger partial charge in [0.2, 0.25) is 0 Å². The molecule has 0 unspecified atom stereocenters. The number of alkyl halides is 3. The van der Waals surface area contributed by atoms with Crippen LogP contribution in [0.3, 0.4) is 0 Å². The molecule has 1 aromatic carbocycles. The highest BCUT2D eigenvalue weighted by Gasteiger charge is 2.32. The lowest BCUT2D eigenvalue weighted by Gasteiger charge is -2.34. The van der Waals surface area contributed by atoms with Crippen molar-refractivity contribution in [3.05, 3.63) is 47.9 Å². The number of rotatable bonds is 4. The Morgan fingerprint density at radius 3 is 2.41 bits per heavy atom. The molecular weight excluding hydrogens is 391 g/mol. The normalized spacial score (nSPS) is 14.6. The van der Waals surface area contributed by atoms with Gasteiger partial charge in [-0.2, -0.15) is 13.2 Å². The highest BCUT2D eigenvalue weighted by Crippen LogP contribution is 2.35. The van der Waals surface area contributed by atoms with Crippen molar-refractivity contribution in [1.29, 1.82) is 0 Å². The molecular formula is C19H20F3N3O4. The summed E-state index contributed by atoms with van der Waals surface area (Å²) in [7, 11) is 0. The van der Waals surface area contributed by atoms with Crippen molar-refractivity contribution in [1.82, 2.24) is 9.80 Å². The minimum absolute atomic E-state index is 0.0548. The molecule has 156 valence electrons. The quantitative estimate of drug-likeness (QED) is 0.833. The molecule has 10 heteroatoms. The van der Waals surface area contributed by atoms with Crippen LogP contribution in [0.15, 0.2) is 41.0 Å². The molecule has 2 heterocycles. The van der Waals surface area contributed by atoms with Gasteiger partial charge in [0.25, 0.3) is 5.91 Å². The Balaban J connectivity index is 1.65. The average Bonchev–Trinajstić information content (AvgIpc) is 3.23. The first kappa shape index (κ1) is 20.6. The Hall–Kier alpha value is -3.17. The van der Waals surface area contributed by atoms with Crippen molar-refractivity contribution >= 4 is 17.6 Å². The molecule has 3 amide bonds. The molecule has 1 N–H and O–H groups in total. The second-order valence-corrected chi connectivity index (χ2v) is 6.33. The zero-order valence-corrected chi connectivity index (χ0v) is 15.7. The predicted molar refractivity (Wildman–Crippen MR) is 97.8 cm³/mol. The second-order valence-electron chi connectivity index (χ2n) is 6.33. The summed E-state index contributed by atoms with van der Waals surface area (Å²) in [6, 6.07) is 5.54. The van der Waals surface area contributed by atoms with Crippen LogP contribution in [0, 0.1) is 0 Å². The Morgan fingerprint density at radius 2 is 1.83 bits per heavy atom. The number of hydrogen-bond donors (Lipinski definition) is 1. The number of halogens is 3. The number of ether oxygens (including phenoxy) is 1. The lowest BCUT2D eigenvalue weighted by atomic mass is 10.1. The summed E-state index contributed by atoms with van der Waals surface area (Å²) in [5.41, 5.74) is -0.939. The zero-order valence-electron chi connectivity index (χ0n) is 15.7. The van der Waals surface area contributed by atoms with Crippen LogP contribution in [0.25, 0.3) is 0 Å². The molecule has 1 aliphatic rings. The maximum Gasteiger partial charge on any atom is 0.416 e. The van der Waals surface area contributed by atoms with Crippen LogP contribution >= 0.6 is 0 Å². The molecule has 7 nitrogen and oxygen atoms in total. The molecule has 0 aliphatic carbocycles. The zero-order chi connectivity index (χ0) is 21.0. The van der Waals surface area contributed by atoms with Crippen molar-refractivity contribution in [2.75, 3.05) is 38.1 Å². The maximum absolute atomic E-state index is 13.0. The summed E-state index contributed by atoms with van der Waals surface area (Å²) in [5, 5.41) is 2.49. The Bertz CT molecular complexity index is 860. The summed E-state index contributed by atoms with van der Waals surface area (Å²) in [4.78, 5) is 27.8. The predicted octanol–water partition coefficient (Wildman–Crippen LogP) is 3.69. The average molecular weight is 411 g/mol. The molecule has 29 heavy (non-hydrogen) atoms. The Morgan fingerprint density at radius 1 is 1.14 bits per heavy atom. The lowest BCUT2D eigenvalue weighted by molar-refractivity contribution is -0.137. The Kier molecular flexibility index (Phi) is 6.00. The molecule has 0 spiro atoms. The molecule has 1 fully saturated rings. The third-order valence-electron chi connectivity index (χ3n) is 4.43. The first-order valence-electron chi connectivity index (χ1n) is 9.02. The highest BCUT2D eigenvalue weighted by atomic mass is 19.4. The van der Waals surface area contributed by atoms with E-state index in [1.165, 1.54) is 17.2 Å². The van der Waals surface area contributed by atoms with Gasteiger partial charge in [-0.1, -0.05) is 0 Å². The van der Waals surface area contributed by atoms with Crippen molar-refractivity contribution in [2.45, 2.75) is 13.1 Å². The summed E-state index contributed by atoms with van der Waals surface area (Å²) in [5.74, 6) is 0.0975. The number of benzene rings is 1. The third-order valence-corrected chi connectivity index (χ3v) is 4.43. The van der Waals surface area contributed by atoms with Gasteiger partial charge in [0.1, 0.15) is 5.75 Å². The fourth-order valence-electron chi connectivity index (χ4n) is 2.95. The lowest BCUT2D eigenvalue weighted by Crippen LogP contribution is -2.51. The molecule has 0 bridgehead atoms. The van der Waals surface area contributed by atoms with E-state index in [0.717, 1.165) is 12.1 Å². The van der Waals surface area contributed by atoms with Gasteiger partial charge in [-0.25, -0.2) is 4.79 Å². The van der Waals surface area contributed by atoms with E-state index in [1.807, 2.05) is 0 Å². The Labute approximate surface area is 165 Å². The largest absolute Gasteiger partial charge is 0.492 e. The molecule has 3 rings (SSSR count). The standard InChI is InChI=1S/C19H20F3N3O4/c1-2-28-15-6-5-13(19(20,21)22)12-14(15)23-18(27)25-9-7-24(8-10-25)17(26)16-4-3-11-29-16/h3-6,11-12H,2,7-10H2,1H3,(H,23,27). The number of piperazine rings is 1. The number of anilines is 1. The first-order chi connectivity index (χ1) is 13.8. The minimum Gasteiger partial charge on any atom is -0.492 e. The molecule has 1 saturated heterocycles. The van der Waals surface area contributed by atoms with Crippen LogP contribution < -0.4 is 10.1 Å². The third kappa shape index (κ3) is 4.82. The molecule has 0 atom stereocenters. The van der Waals surface area contributed by atoms with E-state index < -0.39 is 17.8 Å². The van der Waals surface area contributed by atoms with Crippen LogP contribution in [-0.2, 0) is 6.18 Å². The fraction of sp³-hybridized carbons (Fsp3) is 0.368. The van der Waals surface area contributed by atoms with Crippen molar-refractivity contribution in [3.8, 4) is 5.75 Å². The number of hydrogen-bond acceptors (Lipinski definition) is 4. The van der Waals surface area contributed by atoms with Crippen molar-refractivity contribution in [3.63, 3.8) is 0 Å². The molecule has 2 aromatic rings. The van der Waals surface area contributed by atoms with E-state index in [-0.39, 0.29) is 55.9 Å². The van der Waals surface area contributed by atoms with Crippen LogP contribution in [0.1, 0.15) is 23.0 Å². The van der Waals surface area contributed by atoms with Crippen LogP contribution in [0.2, 0.25) is 0 Å². The van der Waals surface area contributed by atoms with Crippen LogP contribution in [-0.4, -0.2) is 54.5 Å². The first-order valence-corrected chi connectivity index (χ1v) is 9.02. The van der Waals surface area contributed by atoms with E-state index in [2.05, 4.69) is 5.32 Å². The highest BCUT2D eigenvalue weighted by molar-refractivity contribution is 5.93. The van der Waals surface area contributed by atoms with Crippen LogP contribution in [0.4, 0.5) is 23.7 Å². The van der Waals surface area contributed by atoms with Gasteiger partial charge in [-0.15, -0.1) is 0 Å². The van der Waals surface area contributed by atoms with Gasteiger partial charge in [0, 0.05) is 26.2 Å². The van der Waals surface area contributed by atoms with Gasteiger partial charge in [0.05, 0.1) is 24.1 Å². The summed E-state index contributed by atoms with van der Waals surface area (Å²) in [6.07, 6.45) is -3.13. The number of nitrogens with one attached hydrogen (secondary N) is 1. The minimum atomic E-state index is -4.54. The van der Waals surface area contributed by atoms with Crippen molar-refractivity contribution in [2.24, 2.45) is 0 Å². The van der Waals surface area contributed by atoms with Gasteiger partial charge in [-0.3, -0.25) is 4.79 Å².